The molecular weight excluding hydrogens is 188 g/mol. The van der Waals surface area contributed by atoms with Crippen molar-refractivity contribution in [2.45, 2.75) is 12.8 Å². The van der Waals surface area contributed by atoms with Gasteiger partial charge in [-0.25, -0.2) is 0 Å². The third-order valence-corrected chi connectivity index (χ3v) is 2.28. The van der Waals surface area contributed by atoms with E-state index in [0.29, 0.717) is 29.4 Å². The summed E-state index contributed by atoms with van der Waals surface area (Å²) in [7, 11) is 0. The van der Waals surface area contributed by atoms with E-state index in [0.717, 1.165) is 6.42 Å². The molecule has 0 N–H and O–H groups in total. The lowest BCUT2D eigenvalue weighted by Gasteiger charge is -2.05. The highest BCUT2D eigenvalue weighted by Crippen LogP contribution is 2.27. The Bertz CT molecular complexity index is 347. The second-order valence-corrected chi connectivity index (χ2v) is 3.45. The van der Waals surface area contributed by atoms with E-state index >= 15 is 0 Å². The molecule has 13 heavy (non-hydrogen) atoms. The first-order valence-electron chi connectivity index (χ1n) is 4.23. The molecule has 0 bridgehead atoms. The molecule has 1 aliphatic heterocycles. The normalized spacial score (nSPS) is 15.9. The standard InChI is InChI=1S/C10H9ClO2/c11-7-3-4-8-9(12)2-1-5-13-10(8)6-7/h3-4,6H,1-2,5H2. The number of benzene rings is 1. The molecule has 0 spiro atoms. The van der Waals surface area contributed by atoms with E-state index < -0.39 is 0 Å². The van der Waals surface area contributed by atoms with Crippen LogP contribution < -0.4 is 4.74 Å². The van der Waals surface area contributed by atoms with E-state index in [9.17, 15) is 4.79 Å². The molecule has 0 amide bonds. The summed E-state index contributed by atoms with van der Waals surface area (Å²) in [6.45, 7) is 0.596. The van der Waals surface area contributed by atoms with Crippen LogP contribution in [0.15, 0.2) is 18.2 Å². The van der Waals surface area contributed by atoms with Crippen molar-refractivity contribution in [2.75, 3.05) is 6.61 Å². The molecule has 2 nitrogen and oxygen atoms in total. The van der Waals surface area contributed by atoms with Gasteiger partial charge in [0.2, 0.25) is 0 Å². The first-order valence-corrected chi connectivity index (χ1v) is 4.61. The van der Waals surface area contributed by atoms with Crippen molar-refractivity contribution in [3.8, 4) is 5.75 Å². The number of Topliss-reactive ketones (excluding diaryl/α,β-unsaturated/α-hetero) is 1. The minimum absolute atomic E-state index is 0.143. The molecule has 1 aromatic carbocycles. The quantitative estimate of drug-likeness (QED) is 0.638. The molecule has 0 saturated heterocycles. The smallest absolute Gasteiger partial charge is 0.166 e. The lowest BCUT2D eigenvalue weighted by Crippen LogP contribution is -1.96. The van der Waals surface area contributed by atoms with Crippen LogP contribution in [0.3, 0.4) is 0 Å². The second-order valence-electron chi connectivity index (χ2n) is 3.02. The summed E-state index contributed by atoms with van der Waals surface area (Å²) in [6.07, 6.45) is 1.35. The van der Waals surface area contributed by atoms with Crippen molar-refractivity contribution >= 4 is 17.4 Å². The predicted octanol–water partition coefficient (Wildman–Crippen LogP) is 2.70. The Kier molecular flexibility index (Phi) is 2.23. The third kappa shape index (κ3) is 1.68. The maximum absolute atomic E-state index is 11.5. The van der Waals surface area contributed by atoms with Crippen LogP contribution in [0.4, 0.5) is 0 Å². The zero-order valence-corrected chi connectivity index (χ0v) is 7.80. The lowest BCUT2D eigenvalue weighted by molar-refractivity contribution is 0.0983. The number of hydrogen-bond acceptors (Lipinski definition) is 2. The Morgan fingerprint density at radius 2 is 2.23 bits per heavy atom. The van der Waals surface area contributed by atoms with Crippen LogP contribution in [-0.2, 0) is 0 Å². The number of halogens is 1. The first kappa shape index (κ1) is 8.57. The summed E-state index contributed by atoms with van der Waals surface area (Å²) in [6, 6.07) is 5.14. The van der Waals surface area contributed by atoms with Gasteiger partial charge in [0.1, 0.15) is 5.75 Å². The second kappa shape index (κ2) is 3.38. The number of carbonyl (C=O) groups excluding carboxylic acids is 1. The van der Waals surface area contributed by atoms with Crippen LogP contribution in [0.25, 0.3) is 0 Å². The average molecular weight is 197 g/mol. The van der Waals surface area contributed by atoms with Crippen molar-refractivity contribution in [2.24, 2.45) is 0 Å². The number of fused-ring (bicyclic) bond motifs is 1. The van der Waals surface area contributed by atoms with E-state index in [2.05, 4.69) is 0 Å². The van der Waals surface area contributed by atoms with E-state index in [-0.39, 0.29) is 5.78 Å². The van der Waals surface area contributed by atoms with Gasteiger partial charge in [-0.15, -0.1) is 0 Å². The number of ketones is 1. The van der Waals surface area contributed by atoms with Crippen LogP contribution in [0, 0.1) is 0 Å². The summed E-state index contributed by atoms with van der Waals surface area (Å²) in [5.41, 5.74) is 0.655. The Hall–Kier alpha value is -1.02. The van der Waals surface area contributed by atoms with E-state index in [1.165, 1.54) is 0 Å². The molecule has 0 fully saturated rings. The van der Waals surface area contributed by atoms with E-state index in [1.54, 1.807) is 18.2 Å². The molecule has 0 unspecified atom stereocenters. The number of ether oxygens (including phenoxy) is 1. The Balaban J connectivity index is 2.48. The van der Waals surface area contributed by atoms with Crippen LogP contribution in [0.5, 0.6) is 5.75 Å². The zero-order chi connectivity index (χ0) is 9.26. The largest absolute Gasteiger partial charge is 0.493 e. The molecule has 1 aliphatic rings. The predicted molar refractivity (Wildman–Crippen MR) is 50.5 cm³/mol. The van der Waals surface area contributed by atoms with E-state index in [4.69, 9.17) is 16.3 Å². The van der Waals surface area contributed by atoms with Gasteiger partial charge in [-0.2, -0.15) is 0 Å². The van der Waals surface area contributed by atoms with Gasteiger partial charge in [0, 0.05) is 11.4 Å². The SMILES string of the molecule is O=C1CCCOc2cc(Cl)ccc21. The fourth-order valence-corrected chi connectivity index (χ4v) is 1.56. The van der Waals surface area contributed by atoms with Gasteiger partial charge in [-0.05, 0) is 24.6 Å². The molecular formula is C10H9ClO2. The van der Waals surface area contributed by atoms with Gasteiger partial charge in [0.05, 0.1) is 12.2 Å². The third-order valence-electron chi connectivity index (χ3n) is 2.05. The number of hydrogen-bond donors (Lipinski definition) is 0. The minimum Gasteiger partial charge on any atom is -0.493 e. The van der Waals surface area contributed by atoms with Crippen molar-refractivity contribution in [1.82, 2.24) is 0 Å². The van der Waals surface area contributed by atoms with Crippen molar-refractivity contribution < 1.29 is 9.53 Å². The van der Waals surface area contributed by atoms with Crippen molar-refractivity contribution in [3.05, 3.63) is 28.8 Å². The van der Waals surface area contributed by atoms with Gasteiger partial charge in [0.25, 0.3) is 0 Å². The highest BCUT2D eigenvalue weighted by Gasteiger charge is 2.16. The fourth-order valence-electron chi connectivity index (χ4n) is 1.40. The molecule has 1 heterocycles. The van der Waals surface area contributed by atoms with Crippen LogP contribution in [0.1, 0.15) is 23.2 Å². The molecule has 3 heteroatoms. The maximum atomic E-state index is 11.5. The van der Waals surface area contributed by atoms with Crippen molar-refractivity contribution in [1.29, 1.82) is 0 Å². The van der Waals surface area contributed by atoms with Crippen LogP contribution in [-0.4, -0.2) is 12.4 Å². The lowest BCUT2D eigenvalue weighted by atomic mass is 10.1. The van der Waals surface area contributed by atoms with Gasteiger partial charge in [-0.1, -0.05) is 11.6 Å². The van der Waals surface area contributed by atoms with Gasteiger partial charge < -0.3 is 4.74 Å². The Morgan fingerprint density at radius 1 is 1.38 bits per heavy atom. The first-order chi connectivity index (χ1) is 6.27. The van der Waals surface area contributed by atoms with Gasteiger partial charge >= 0.3 is 0 Å². The fraction of sp³-hybridized carbons (Fsp3) is 0.300. The van der Waals surface area contributed by atoms with Crippen molar-refractivity contribution in [3.63, 3.8) is 0 Å². The number of carbonyl (C=O) groups is 1. The van der Waals surface area contributed by atoms with Gasteiger partial charge in [-0.3, -0.25) is 4.79 Å². The topological polar surface area (TPSA) is 26.3 Å². The molecule has 68 valence electrons. The molecule has 2 rings (SSSR count). The summed E-state index contributed by atoms with van der Waals surface area (Å²) < 4.78 is 5.39. The monoisotopic (exact) mass is 196 g/mol. The van der Waals surface area contributed by atoms with E-state index in [1.807, 2.05) is 0 Å². The molecule has 0 saturated carbocycles. The zero-order valence-electron chi connectivity index (χ0n) is 7.05. The number of rotatable bonds is 0. The average Bonchev–Trinajstić information content (AvgIpc) is 2.28. The van der Waals surface area contributed by atoms with Gasteiger partial charge in [0.15, 0.2) is 5.78 Å². The summed E-state index contributed by atoms with van der Waals surface area (Å²) in [5, 5.41) is 0.605. The maximum Gasteiger partial charge on any atom is 0.166 e. The molecule has 0 radical (unpaired) electrons. The molecule has 0 aliphatic carbocycles. The van der Waals surface area contributed by atoms with Crippen LogP contribution >= 0.6 is 11.6 Å². The molecule has 0 atom stereocenters. The molecule has 1 aromatic rings. The highest BCUT2D eigenvalue weighted by atomic mass is 35.5. The Labute approximate surface area is 81.5 Å². The highest BCUT2D eigenvalue weighted by molar-refractivity contribution is 6.30. The summed E-state index contributed by atoms with van der Waals surface area (Å²) in [5.74, 6) is 0.763. The minimum atomic E-state index is 0.143. The molecule has 0 aromatic heterocycles. The van der Waals surface area contributed by atoms with Crippen LogP contribution in [0.2, 0.25) is 5.02 Å². The Morgan fingerprint density at radius 3 is 3.08 bits per heavy atom. The summed E-state index contributed by atoms with van der Waals surface area (Å²) in [4.78, 5) is 11.5. The summed E-state index contributed by atoms with van der Waals surface area (Å²) >= 11 is 5.79.